The number of rotatable bonds is 0. The highest BCUT2D eigenvalue weighted by molar-refractivity contribution is 4.94. The molecule has 1 aromatic heterocycles. The van der Waals surface area contributed by atoms with E-state index in [9.17, 15) is 0 Å². The fourth-order valence-electron chi connectivity index (χ4n) is 0.782. The Labute approximate surface area is 56.3 Å². The summed E-state index contributed by atoms with van der Waals surface area (Å²) in [6.45, 7) is 6.56. The lowest BCUT2D eigenvalue weighted by Gasteiger charge is -2.20. The molecule has 0 amide bonds. The fraction of sp³-hybridized carbons (Fsp3) is 0.500. The van der Waals surface area contributed by atoms with Gasteiger partial charge in [-0.1, -0.05) is 0 Å². The highest BCUT2D eigenvalue weighted by Crippen LogP contribution is 2.12. The van der Waals surface area contributed by atoms with Crippen LogP contribution in [-0.4, -0.2) is 4.57 Å². The third-order valence-corrected chi connectivity index (χ3v) is 1.38. The Morgan fingerprint density at radius 3 is 1.67 bits per heavy atom. The van der Waals surface area contributed by atoms with Crippen LogP contribution in [0.1, 0.15) is 20.8 Å². The van der Waals surface area contributed by atoms with Crippen LogP contribution in [0, 0.1) is 0 Å². The zero-order chi connectivity index (χ0) is 6.91. The lowest BCUT2D eigenvalue weighted by molar-refractivity contribution is 0.398. The zero-order valence-corrected chi connectivity index (χ0v) is 6.26. The number of aromatic nitrogens is 1. The van der Waals surface area contributed by atoms with Crippen molar-refractivity contribution in [3.63, 3.8) is 0 Å². The Bertz CT molecular complexity index is 167. The van der Waals surface area contributed by atoms with Crippen molar-refractivity contribution in [3.05, 3.63) is 24.5 Å². The first-order valence-corrected chi connectivity index (χ1v) is 3.24. The van der Waals surface area contributed by atoms with Gasteiger partial charge in [-0.05, 0) is 32.9 Å². The molecule has 0 fully saturated rings. The van der Waals surface area contributed by atoms with E-state index in [-0.39, 0.29) is 5.54 Å². The Kier molecular flexibility index (Phi) is 1.35. The van der Waals surface area contributed by atoms with Gasteiger partial charge in [0.05, 0.1) is 0 Å². The minimum Gasteiger partial charge on any atom is -0.349 e. The Morgan fingerprint density at radius 1 is 1.00 bits per heavy atom. The standard InChI is InChI=1S/C8H13N/c1-8(2,3)9-6-4-5-7-9/h4-7H,1-3H3. The number of hydrogen-bond acceptors (Lipinski definition) is 0. The van der Waals surface area contributed by atoms with Gasteiger partial charge in [-0.25, -0.2) is 0 Å². The highest BCUT2D eigenvalue weighted by Gasteiger charge is 2.09. The minimum atomic E-state index is 0.240. The van der Waals surface area contributed by atoms with Gasteiger partial charge < -0.3 is 4.57 Å². The average Bonchev–Trinajstić information content (AvgIpc) is 2.08. The second-order valence-electron chi connectivity index (χ2n) is 3.26. The van der Waals surface area contributed by atoms with E-state index in [4.69, 9.17) is 0 Å². The van der Waals surface area contributed by atoms with Crippen LogP contribution >= 0.6 is 0 Å². The average molecular weight is 123 g/mol. The summed E-state index contributed by atoms with van der Waals surface area (Å²) >= 11 is 0. The zero-order valence-electron chi connectivity index (χ0n) is 6.26. The maximum absolute atomic E-state index is 2.19. The number of hydrogen-bond donors (Lipinski definition) is 0. The fourth-order valence-corrected chi connectivity index (χ4v) is 0.782. The molecule has 50 valence electrons. The maximum Gasteiger partial charge on any atom is 0.0355 e. The SMILES string of the molecule is CC(C)(C)n1cccc1. The molecular formula is C8H13N. The Morgan fingerprint density at radius 2 is 1.44 bits per heavy atom. The molecule has 0 saturated heterocycles. The molecule has 1 heteroatoms. The summed E-state index contributed by atoms with van der Waals surface area (Å²) in [7, 11) is 0. The summed E-state index contributed by atoms with van der Waals surface area (Å²) < 4.78 is 2.19. The van der Waals surface area contributed by atoms with Crippen molar-refractivity contribution in [2.24, 2.45) is 0 Å². The van der Waals surface area contributed by atoms with Gasteiger partial charge in [0.2, 0.25) is 0 Å². The monoisotopic (exact) mass is 123 g/mol. The number of nitrogens with zero attached hydrogens (tertiary/aromatic N) is 1. The molecule has 1 heterocycles. The van der Waals surface area contributed by atoms with E-state index in [2.05, 4.69) is 37.7 Å². The van der Waals surface area contributed by atoms with Gasteiger partial charge >= 0.3 is 0 Å². The molecule has 0 aliphatic carbocycles. The van der Waals surface area contributed by atoms with E-state index in [1.54, 1.807) is 0 Å². The summed E-state index contributed by atoms with van der Waals surface area (Å²) in [5.74, 6) is 0. The second kappa shape index (κ2) is 1.90. The molecule has 1 nitrogen and oxygen atoms in total. The molecule has 0 bridgehead atoms. The summed E-state index contributed by atoms with van der Waals surface area (Å²) in [5, 5.41) is 0. The molecule has 9 heavy (non-hydrogen) atoms. The van der Waals surface area contributed by atoms with Gasteiger partial charge in [-0.3, -0.25) is 0 Å². The highest BCUT2D eigenvalue weighted by atomic mass is 15.0. The van der Waals surface area contributed by atoms with E-state index < -0.39 is 0 Å². The van der Waals surface area contributed by atoms with E-state index in [1.807, 2.05) is 12.1 Å². The van der Waals surface area contributed by atoms with Crippen LogP contribution in [0.5, 0.6) is 0 Å². The van der Waals surface area contributed by atoms with E-state index in [0.29, 0.717) is 0 Å². The molecule has 0 saturated carbocycles. The molecule has 0 N–H and O–H groups in total. The largest absolute Gasteiger partial charge is 0.349 e. The van der Waals surface area contributed by atoms with Crippen LogP contribution in [-0.2, 0) is 5.54 Å². The van der Waals surface area contributed by atoms with Crippen molar-refractivity contribution in [3.8, 4) is 0 Å². The van der Waals surface area contributed by atoms with Crippen molar-refractivity contribution in [2.45, 2.75) is 26.3 Å². The topological polar surface area (TPSA) is 4.93 Å². The third-order valence-electron chi connectivity index (χ3n) is 1.38. The maximum atomic E-state index is 2.19. The summed E-state index contributed by atoms with van der Waals surface area (Å²) in [4.78, 5) is 0. The van der Waals surface area contributed by atoms with Crippen LogP contribution < -0.4 is 0 Å². The Hall–Kier alpha value is -0.720. The van der Waals surface area contributed by atoms with E-state index in [0.717, 1.165) is 0 Å². The van der Waals surface area contributed by atoms with Crippen molar-refractivity contribution in [1.82, 2.24) is 4.57 Å². The van der Waals surface area contributed by atoms with Crippen LogP contribution in [0.25, 0.3) is 0 Å². The predicted molar refractivity (Wildman–Crippen MR) is 39.4 cm³/mol. The molecule has 1 rings (SSSR count). The quantitative estimate of drug-likeness (QED) is 0.498. The molecular weight excluding hydrogens is 110 g/mol. The lowest BCUT2D eigenvalue weighted by atomic mass is 10.1. The van der Waals surface area contributed by atoms with Crippen molar-refractivity contribution < 1.29 is 0 Å². The molecule has 0 aromatic carbocycles. The van der Waals surface area contributed by atoms with Gasteiger partial charge in [0.25, 0.3) is 0 Å². The molecule has 0 radical (unpaired) electrons. The van der Waals surface area contributed by atoms with Crippen LogP contribution in [0.2, 0.25) is 0 Å². The van der Waals surface area contributed by atoms with Gasteiger partial charge in [-0.15, -0.1) is 0 Å². The smallest absolute Gasteiger partial charge is 0.0355 e. The first-order chi connectivity index (χ1) is 4.11. The lowest BCUT2D eigenvalue weighted by Crippen LogP contribution is -2.19. The van der Waals surface area contributed by atoms with Crippen molar-refractivity contribution >= 4 is 0 Å². The van der Waals surface area contributed by atoms with E-state index >= 15 is 0 Å². The molecule has 0 spiro atoms. The van der Waals surface area contributed by atoms with Gasteiger partial charge in [0, 0.05) is 17.9 Å². The first-order valence-electron chi connectivity index (χ1n) is 3.24. The van der Waals surface area contributed by atoms with Gasteiger partial charge in [0.1, 0.15) is 0 Å². The van der Waals surface area contributed by atoms with Crippen LogP contribution in [0.3, 0.4) is 0 Å². The van der Waals surface area contributed by atoms with Gasteiger partial charge in [0.15, 0.2) is 0 Å². The molecule has 0 atom stereocenters. The van der Waals surface area contributed by atoms with Gasteiger partial charge in [-0.2, -0.15) is 0 Å². The van der Waals surface area contributed by atoms with Crippen molar-refractivity contribution in [2.75, 3.05) is 0 Å². The molecule has 0 aliphatic rings. The van der Waals surface area contributed by atoms with Crippen LogP contribution in [0.15, 0.2) is 24.5 Å². The Balaban J connectivity index is 2.90. The third kappa shape index (κ3) is 1.35. The molecule has 0 unspecified atom stereocenters. The summed E-state index contributed by atoms with van der Waals surface area (Å²) in [6, 6.07) is 4.09. The second-order valence-corrected chi connectivity index (χ2v) is 3.26. The molecule has 1 aromatic rings. The molecule has 0 aliphatic heterocycles. The minimum absolute atomic E-state index is 0.240. The van der Waals surface area contributed by atoms with E-state index in [1.165, 1.54) is 0 Å². The van der Waals surface area contributed by atoms with Crippen molar-refractivity contribution in [1.29, 1.82) is 0 Å². The normalized spacial score (nSPS) is 11.9. The first kappa shape index (κ1) is 6.40. The predicted octanol–water partition coefficient (Wildman–Crippen LogP) is 2.24. The van der Waals surface area contributed by atoms with Crippen LogP contribution in [0.4, 0.5) is 0 Å². The summed E-state index contributed by atoms with van der Waals surface area (Å²) in [6.07, 6.45) is 4.17. The summed E-state index contributed by atoms with van der Waals surface area (Å²) in [5.41, 5.74) is 0.240.